The monoisotopic (exact) mass is 1820 g/mol. The SMILES string of the molecule is CN1CC=C(c2cn(S(=O)(=O)c3ccc4c(c3)OCCN4C)c3cccnc23)CC1.CN1CC=C(c2cn(S(=O)(=O)c3ccc4c(c3)OCCO4)c3ccc(-c4nccs4)cc23)CC1.CN1CC=C(c2cn(S(=O)(=O)c3cccnc3)c3ccc(-c4ncco4)cc23)CC1.CN1CC=C(c2cn(S(=O)(=O)c3cccnc3)c3ccc(-c4nccs4)cc23)CC1.O=CO. The Morgan fingerprint density at radius 2 is 0.811 bits per heavy atom. The molecular weight excluding hydrogens is 1730 g/mol. The Hall–Kier alpha value is -12.6. The van der Waals surface area contributed by atoms with Crippen molar-refractivity contribution >= 4 is 141 Å². The largest absolute Gasteiger partial charge is 0.490 e. The van der Waals surface area contributed by atoms with Crippen LogP contribution in [-0.2, 0) is 44.9 Å². The molecule has 15 aromatic rings. The maximum absolute atomic E-state index is 13.8. The van der Waals surface area contributed by atoms with Crippen molar-refractivity contribution in [3.63, 3.8) is 0 Å². The third-order valence-corrected chi connectivity index (χ3v) is 31.2. The molecule has 0 spiro atoms. The van der Waals surface area contributed by atoms with Crippen LogP contribution in [0.3, 0.4) is 0 Å². The number of nitrogens with zero attached hydrogens (tertiary/aromatic N) is 15. The van der Waals surface area contributed by atoms with Gasteiger partial charge in [-0.3, -0.25) is 19.7 Å². The number of hydrogen-bond donors (Lipinski definition) is 1. The van der Waals surface area contributed by atoms with E-state index in [9.17, 15) is 33.7 Å². The van der Waals surface area contributed by atoms with Crippen LogP contribution in [0.25, 0.3) is 98.6 Å². The molecular formula is C92H89N15O14S6. The first-order valence-corrected chi connectivity index (χ1v) is 48.4. The second-order valence-electron chi connectivity index (χ2n) is 31.1. The number of carboxylic acid groups (broad SMARTS) is 1. The zero-order chi connectivity index (χ0) is 88.3. The molecule has 5 aromatic carbocycles. The number of fused-ring (bicyclic) bond motifs is 6. The number of hydrogen-bond acceptors (Lipinski definition) is 26. The van der Waals surface area contributed by atoms with Crippen LogP contribution in [-0.4, -0.2) is 225 Å². The molecule has 0 saturated carbocycles. The highest BCUT2D eigenvalue weighted by Crippen LogP contribution is 2.43. The summed E-state index contributed by atoms with van der Waals surface area (Å²) < 4.78 is 136. The van der Waals surface area contributed by atoms with Gasteiger partial charge in [0.05, 0.1) is 55.8 Å². The van der Waals surface area contributed by atoms with E-state index in [1.165, 1.54) is 40.1 Å². The fourth-order valence-corrected chi connectivity index (χ4v) is 22.8. The fourth-order valence-electron chi connectivity index (χ4n) is 16.1. The lowest BCUT2D eigenvalue weighted by atomic mass is 9.98. The topological polar surface area (TPSA) is 328 Å². The number of anilines is 1. The number of aromatic nitrogens is 10. The number of rotatable bonds is 15. The first-order chi connectivity index (χ1) is 61.4. The summed E-state index contributed by atoms with van der Waals surface area (Å²) >= 11 is 3.14. The van der Waals surface area contributed by atoms with Crippen molar-refractivity contribution in [3.8, 4) is 49.8 Å². The Morgan fingerprint density at radius 1 is 0.394 bits per heavy atom. The van der Waals surface area contributed by atoms with E-state index in [1.54, 1.807) is 145 Å². The third-order valence-electron chi connectivity index (χ3n) is 22.9. The quantitative estimate of drug-likeness (QED) is 0.0932. The van der Waals surface area contributed by atoms with Crippen LogP contribution >= 0.6 is 22.7 Å². The molecule has 0 saturated heterocycles. The van der Waals surface area contributed by atoms with Gasteiger partial charge >= 0.3 is 0 Å². The Morgan fingerprint density at radius 3 is 1.25 bits per heavy atom. The lowest BCUT2D eigenvalue weighted by molar-refractivity contribution is -0.122. The molecule has 0 bridgehead atoms. The summed E-state index contributed by atoms with van der Waals surface area (Å²) in [6.45, 7) is 9.02. The van der Waals surface area contributed by atoms with E-state index in [-0.39, 0.29) is 26.1 Å². The van der Waals surface area contributed by atoms with E-state index in [1.807, 2.05) is 72.4 Å². The van der Waals surface area contributed by atoms with Crippen molar-refractivity contribution in [1.82, 2.24) is 65.4 Å². The van der Waals surface area contributed by atoms with Gasteiger partial charge in [-0.25, -0.2) is 64.5 Å². The van der Waals surface area contributed by atoms with Gasteiger partial charge in [0.15, 0.2) is 11.5 Å². The van der Waals surface area contributed by atoms with Crippen LogP contribution < -0.4 is 19.1 Å². The number of ether oxygens (including phenoxy) is 3. The number of likely N-dealkylation sites (N-methyl/N-ethyl adjacent to an activating group) is 5. The molecule has 127 heavy (non-hydrogen) atoms. The van der Waals surface area contributed by atoms with Gasteiger partial charge in [-0.1, -0.05) is 24.3 Å². The minimum atomic E-state index is -3.86. The molecule has 0 unspecified atom stereocenters. The van der Waals surface area contributed by atoms with Crippen LogP contribution in [0.15, 0.2) is 267 Å². The molecule has 6 aliphatic heterocycles. The maximum atomic E-state index is 13.8. The molecule has 0 radical (unpaired) electrons. The highest BCUT2D eigenvalue weighted by atomic mass is 32.2. The average molecular weight is 1820 g/mol. The molecule has 21 rings (SSSR count). The van der Waals surface area contributed by atoms with Crippen LogP contribution in [0.5, 0.6) is 17.2 Å². The summed E-state index contributed by atoms with van der Waals surface area (Å²) in [5, 5.41) is 15.3. The average Bonchev–Trinajstić information content (AvgIpc) is 1.74. The summed E-state index contributed by atoms with van der Waals surface area (Å²) in [5.74, 6) is 2.11. The molecule has 29 nitrogen and oxygen atoms in total. The van der Waals surface area contributed by atoms with Gasteiger partial charge in [0.1, 0.15) is 51.6 Å². The molecule has 0 atom stereocenters. The van der Waals surface area contributed by atoms with E-state index >= 15 is 0 Å². The second kappa shape index (κ2) is 36.8. The zero-order valence-electron chi connectivity index (χ0n) is 69.9. The van der Waals surface area contributed by atoms with Gasteiger partial charge in [-0.15, -0.1) is 22.7 Å². The van der Waals surface area contributed by atoms with Crippen molar-refractivity contribution in [1.29, 1.82) is 0 Å². The standard InChI is InChI=1S/C25H23N3O4S2.C22H24N4O3S.C22H20N4O3S.C22H20N4O2S2.CH2O2/c1-27-9-6-17(7-10-27)21-16-28(22-4-2-18(14-20(21)22)25-26-8-13-33-25)34(29,30)19-3-5-23-24(15-19)32-12-11-31-23;1-24-10-7-16(8-11-24)18-15-26(20-4-3-9-23-22(18)20)30(27,28)17-5-6-19-21(14-17)29-13-12-25(19)2;2*1-25-10-6-16(7-11-25)20-15-26(30(27,28)18-3-2-8-23-14-18)21-5-4-17(13-19(20)21)22-24-9-12-29-22;2-1-3/h2-6,8,13-16H,7,9-12H2,1H3;3-7,9,14-15H,8,10-13H2,1-2H3;2*2-6,8-9,12-15H,7,10-11H2,1H3;1H,(H,2,3). The molecule has 10 aromatic heterocycles. The molecule has 35 heteroatoms. The number of pyridine rings is 3. The predicted molar refractivity (Wildman–Crippen MR) is 494 cm³/mol. The normalized spacial score (nSPS) is 16.0. The van der Waals surface area contributed by atoms with Crippen molar-refractivity contribution < 1.29 is 62.2 Å². The van der Waals surface area contributed by atoms with Crippen molar-refractivity contribution in [2.45, 2.75) is 45.3 Å². The molecule has 0 amide bonds. The minimum absolute atomic E-state index is 0.155. The number of oxazole rings is 1. The summed E-state index contributed by atoms with van der Waals surface area (Å²) in [4.78, 5) is 45.6. The van der Waals surface area contributed by atoms with Crippen LogP contribution in [0.1, 0.15) is 47.9 Å². The Kier molecular flexibility index (Phi) is 25.1. The van der Waals surface area contributed by atoms with E-state index in [4.69, 9.17) is 28.5 Å². The Labute approximate surface area is 742 Å². The van der Waals surface area contributed by atoms with Gasteiger partial charge in [0, 0.05) is 206 Å². The Bertz CT molecular complexity index is 7020. The smallest absolute Gasteiger partial charge is 0.290 e. The maximum Gasteiger partial charge on any atom is 0.290 e. The Balaban J connectivity index is 0.000000118. The lowest BCUT2D eigenvalue weighted by Gasteiger charge is -2.27. The van der Waals surface area contributed by atoms with Gasteiger partial charge in [-0.05, 0) is 191 Å². The third kappa shape index (κ3) is 17.8. The first-order valence-electron chi connectivity index (χ1n) is 40.9. The van der Waals surface area contributed by atoms with E-state index in [0.29, 0.717) is 70.5 Å². The number of benzene rings is 5. The predicted octanol–water partition coefficient (Wildman–Crippen LogP) is 14.8. The summed E-state index contributed by atoms with van der Waals surface area (Å²) in [6, 6.07) is 37.2. The summed E-state index contributed by atoms with van der Waals surface area (Å²) in [6.07, 6.45) is 33.4. The summed E-state index contributed by atoms with van der Waals surface area (Å²) in [5.41, 5.74) is 15.2. The highest BCUT2D eigenvalue weighted by Gasteiger charge is 2.32. The van der Waals surface area contributed by atoms with E-state index in [2.05, 4.69) is 119 Å². The van der Waals surface area contributed by atoms with Crippen LogP contribution in [0.2, 0.25) is 0 Å². The molecule has 6 aliphatic rings. The molecule has 0 fully saturated rings. The van der Waals surface area contributed by atoms with Crippen molar-refractivity contribution in [3.05, 3.63) is 265 Å². The molecule has 1 N–H and O–H groups in total. The highest BCUT2D eigenvalue weighted by molar-refractivity contribution is 7.91. The van der Waals surface area contributed by atoms with Crippen LogP contribution in [0, 0.1) is 0 Å². The zero-order valence-corrected chi connectivity index (χ0v) is 74.8. The van der Waals surface area contributed by atoms with Gasteiger partial charge in [0.2, 0.25) is 5.89 Å². The molecule has 652 valence electrons. The summed E-state index contributed by atoms with van der Waals surface area (Å²) in [7, 11) is -4.91. The van der Waals surface area contributed by atoms with Crippen LogP contribution in [0.4, 0.5) is 5.69 Å². The first kappa shape index (κ1) is 86.6. The van der Waals surface area contributed by atoms with E-state index < -0.39 is 40.1 Å². The van der Waals surface area contributed by atoms with Gasteiger partial charge in [-0.2, -0.15) is 0 Å². The molecule has 0 aliphatic carbocycles. The minimum Gasteiger partial charge on any atom is -0.490 e. The lowest BCUT2D eigenvalue weighted by Crippen LogP contribution is -2.29. The van der Waals surface area contributed by atoms with Gasteiger partial charge in [0.25, 0.3) is 46.6 Å². The van der Waals surface area contributed by atoms with Crippen molar-refractivity contribution in [2.24, 2.45) is 0 Å². The fraction of sp³-hybridized carbons (Fsp3) is 0.228. The van der Waals surface area contributed by atoms with Crippen molar-refractivity contribution in [2.75, 3.05) is 119 Å². The second-order valence-corrected chi connectivity index (χ2v) is 40.2. The number of carbonyl (C=O) groups is 1. The molecule has 16 heterocycles. The van der Waals surface area contributed by atoms with Gasteiger partial charge < -0.3 is 48.2 Å². The van der Waals surface area contributed by atoms with E-state index in [0.717, 1.165) is 172 Å². The number of thiazole rings is 2.